The standard InChI is InChI=1S/C24H33N7O/c25-15-19(16-26-10-5-13-31-11-3-4-12-31)18-14-22-21(27-17-18)8-9-23(29-22)30-24(32)28-20-6-1-2-7-20/h8-9,14-17,20H,1-7,10-13,25H2,(H2,28,29,30,32). The Kier molecular flexibility index (Phi) is 7.66. The van der Waals surface area contributed by atoms with Crippen LogP contribution in [0.1, 0.15) is 50.5 Å². The minimum atomic E-state index is -0.212. The van der Waals surface area contributed by atoms with Crippen molar-refractivity contribution in [3.8, 4) is 0 Å². The summed E-state index contributed by atoms with van der Waals surface area (Å²) in [5.74, 6) is 0.501. The van der Waals surface area contributed by atoms with Gasteiger partial charge in [0.15, 0.2) is 0 Å². The third-order valence-corrected chi connectivity index (χ3v) is 6.17. The highest BCUT2D eigenvalue weighted by Crippen LogP contribution is 2.20. The molecule has 0 atom stereocenters. The topological polar surface area (TPSA) is 109 Å². The Bertz CT molecular complexity index is 975. The van der Waals surface area contributed by atoms with E-state index >= 15 is 0 Å². The van der Waals surface area contributed by atoms with Crippen molar-refractivity contribution in [1.82, 2.24) is 20.2 Å². The number of aromatic nitrogens is 2. The summed E-state index contributed by atoms with van der Waals surface area (Å²) in [6.07, 6.45) is 13.2. The van der Waals surface area contributed by atoms with Crippen molar-refractivity contribution in [1.29, 1.82) is 0 Å². The Morgan fingerprint density at radius 3 is 2.78 bits per heavy atom. The SMILES string of the molecule is NC=C(C=NCCCN1CCCC1)c1cnc2ccc(NC(=O)NC3CCCC3)nc2c1. The molecule has 0 bridgehead atoms. The Labute approximate surface area is 189 Å². The van der Waals surface area contributed by atoms with Gasteiger partial charge in [0.25, 0.3) is 0 Å². The number of hydrogen-bond acceptors (Lipinski definition) is 6. The Morgan fingerprint density at radius 2 is 2.00 bits per heavy atom. The van der Waals surface area contributed by atoms with Crippen molar-refractivity contribution >= 4 is 34.7 Å². The summed E-state index contributed by atoms with van der Waals surface area (Å²) >= 11 is 0. The van der Waals surface area contributed by atoms with E-state index in [1.54, 1.807) is 18.5 Å². The molecule has 2 amide bonds. The van der Waals surface area contributed by atoms with Crippen LogP contribution in [-0.4, -0.2) is 59.3 Å². The maximum absolute atomic E-state index is 12.3. The Hall–Kier alpha value is -3.00. The number of carbonyl (C=O) groups excluding carboxylic acids is 1. The van der Waals surface area contributed by atoms with Gasteiger partial charge in [-0.3, -0.25) is 15.3 Å². The second-order valence-electron chi connectivity index (χ2n) is 8.60. The van der Waals surface area contributed by atoms with Crippen molar-refractivity contribution < 1.29 is 4.79 Å². The number of aliphatic imine (C=N–C) groups is 1. The van der Waals surface area contributed by atoms with Gasteiger partial charge in [-0.1, -0.05) is 12.8 Å². The molecule has 1 aliphatic heterocycles. The lowest BCUT2D eigenvalue weighted by Crippen LogP contribution is -2.36. The molecule has 170 valence electrons. The molecule has 32 heavy (non-hydrogen) atoms. The summed E-state index contributed by atoms with van der Waals surface area (Å²) in [4.78, 5) is 28.4. The zero-order valence-corrected chi connectivity index (χ0v) is 18.6. The predicted octanol–water partition coefficient (Wildman–Crippen LogP) is 3.55. The van der Waals surface area contributed by atoms with Gasteiger partial charge < -0.3 is 16.0 Å². The fourth-order valence-electron chi connectivity index (χ4n) is 4.41. The van der Waals surface area contributed by atoms with E-state index < -0.39 is 0 Å². The molecule has 0 aromatic carbocycles. The Morgan fingerprint density at radius 1 is 1.19 bits per heavy atom. The largest absolute Gasteiger partial charge is 0.404 e. The van der Waals surface area contributed by atoms with Gasteiger partial charge in [-0.25, -0.2) is 9.78 Å². The van der Waals surface area contributed by atoms with Crippen LogP contribution in [0.3, 0.4) is 0 Å². The number of rotatable bonds is 8. The highest BCUT2D eigenvalue weighted by molar-refractivity contribution is 6.10. The number of urea groups is 1. The Balaban J connectivity index is 1.36. The first-order chi connectivity index (χ1) is 15.7. The summed E-state index contributed by atoms with van der Waals surface area (Å²) in [6, 6.07) is 5.60. The molecule has 4 N–H and O–H groups in total. The molecular formula is C24H33N7O. The number of nitrogens with two attached hydrogens (primary N) is 1. The second-order valence-corrected chi connectivity index (χ2v) is 8.60. The van der Waals surface area contributed by atoms with Gasteiger partial charge in [-0.05, 0) is 69.9 Å². The number of nitrogens with zero attached hydrogens (tertiary/aromatic N) is 4. The van der Waals surface area contributed by atoms with E-state index in [1.807, 2.05) is 18.3 Å². The lowest BCUT2D eigenvalue weighted by atomic mass is 10.1. The third kappa shape index (κ3) is 6.03. The van der Waals surface area contributed by atoms with E-state index in [9.17, 15) is 4.79 Å². The van der Waals surface area contributed by atoms with E-state index in [-0.39, 0.29) is 12.1 Å². The fraction of sp³-hybridized carbons (Fsp3) is 0.500. The molecule has 1 saturated heterocycles. The molecule has 0 radical (unpaired) electrons. The van der Waals surface area contributed by atoms with Crippen molar-refractivity contribution in [2.45, 2.75) is 51.0 Å². The van der Waals surface area contributed by atoms with Crippen LogP contribution in [0, 0.1) is 0 Å². The highest BCUT2D eigenvalue weighted by Gasteiger charge is 2.17. The number of allylic oxidation sites excluding steroid dienone is 1. The quantitative estimate of drug-likeness (QED) is 0.434. The molecule has 1 aliphatic carbocycles. The van der Waals surface area contributed by atoms with Gasteiger partial charge >= 0.3 is 6.03 Å². The summed E-state index contributed by atoms with van der Waals surface area (Å²) < 4.78 is 0. The number of anilines is 1. The van der Waals surface area contributed by atoms with Crippen LogP contribution >= 0.6 is 0 Å². The fourth-order valence-corrected chi connectivity index (χ4v) is 4.41. The van der Waals surface area contributed by atoms with Crippen LogP contribution in [0.25, 0.3) is 16.6 Å². The first kappa shape index (κ1) is 22.2. The van der Waals surface area contributed by atoms with Crippen LogP contribution in [0.5, 0.6) is 0 Å². The van der Waals surface area contributed by atoms with Crippen LogP contribution in [0.2, 0.25) is 0 Å². The molecule has 4 rings (SSSR count). The number of carbonyl (C=O) groups is 1. The highest BCUT2D eigenvalue weighted by atomic mass is 16.2. The molecule has 2 aromatic rings. The zero-order chi connectivity index (χ0) is 22.2. The van der Waals surface area contributed by atoms with E-state index in [1.165, 1.54) is 38.8 Å². The van der Waals surface area contributed by atoms with E-state index in [0.717, 1.165) is 49.0 Å². The molecule has 0 unspecified atom stereocenters. The van der Waals surface area contributed by atoms with Crippen LogP contribution in [-0.2, 0) is 0 Å². The van der Waals surface area contributed by atoms with Crippen molar-refractivity contribution in [2.75, 3.05) is 31.5 Å². The number of hydrogen-bond donors (Lipinski definition) is 3. The van der Waals surface area contributed by atoms with Gasteiger partial charge in [0.1, 0.15) is 5.82 Å². The van der Waals surface area contributed by atoms with Crippen LogP contribution < -0.4 is 16.4 Å². The predicted molar refractivity (Wildman–Crippen MR) is 130 cm³/mol. The number of pyridine rings is 2. The normalized spacial score (nSPS) is 18.1. The van der Waals surface area contributed by atoms with E-state index in [2.05, 4.69) is 30.5 Å². The molecule has 0 spiro atoms. The number of fused-ring (bicyclic) bond motifs is 1. The zero-order valence-electron chi connectivity index (χ0n) is 18.6. The second kappa shape index (κ2) is 11.0. The van der Waals surface area contributed by atoms with Gasteiger partial charge in [-0.2, -0.15) is 0 Å². The van der Waals surface area contributed by atoms with Gasteiger partial charge in [0, 0.05) is 42.3 Å². The first-order valence-electron chi connectivity index (χ1n) is 11.7. The third-order valence-electron chi connectivity index (χ3n) is 6.17. The lowest BCUT2D eigenvalue weighted by molar-refractivity contribution is 0.248. The molecule has 2 aromatic heterocycles. The summed E-state index contributed by atoms with van der Waals surface area (Å²) in [6.45, 7) is 4.31. The van der Waals surface area contributed by atoms with Crippen LogP contribution in [0.15, 0.2) is 35.6 Å². The van der Waals surface area contributed by atoms with Crippen LogP contribution in [0.4, 0.5) is 10.6 Å². The average Bonchev–Trinajstić information content (AvgIpc) is 3.50. The minimum Gasteiger partial charge on any atom is -0.404 e. The maximum atomic E-state index is 12.3. The number of amides is 2. The van der Waals surface area contributed by atoms with Crippen molar-refractivity contribution in [3.05, 3.63) is 36.2 Å². The average molecular weight is 436 g/mol. The molecule has 1 saturated carbocycles. The monoisotopic (exact) mass is 435 g/mol. The first-order valence-corrected chi connectivity index (χ1v) is 11.7. The molecular weight excluding hydrogens is 402 g/mol. The summed E-state index contributed by atoms with van der Waals surface area (Å²) in [5, 5.41) is 5.85. The van der Waals surface area contributed by atoms with Gasteiger partial charge in [0.05, 0.1) is 11.0 Å². The smallest absolute Gasteiger partial charge is 0.320 e. The van der Waals surface area contributed by atoms with Gasteiger partial charge in [0.2, 0.25) is 0 Å². The molecule has 2 fully saturated rings. The molecule has 3 heterocycles. The molecule has 2 aliphatic rings. The number of likely N-dealkylation sites (tertiary alicyclic amines) is 1. The van der Waals surface area contributed by atoms with E-state index in [4.69, 9.17) is 5.73 Å². The van der Waals surface area contributed by atoms with Gasteiger partial charge in [-0.15, -0.1) is 0 Å². The summed E-state index contributed by atoms with van der Waals surface area (Å²) in [5.41, 5.74) is 8.97. The van der Waals surface area contributed by atoms with Crippen molar-refractivity contribution in [2.24, 2.45) is 10.7 Å². The minimum absolute atomic E-state index is 0.212. The number of nitrogens with one attached hydrogen (secondary N) is 2. The maximum Gasteiger partial charge on any atom is 0.320 e. The van der Waals surface area contributed by atoms with E-state index in [0.29, 0.717) is 11.3 Å². The summed E-state index contributed by atoms with van der Waals surface area (Å²) in [7, 11) is 0. The lowest BCUT2D eigenvalue weighted by Gasteiger charge is -2.13. The van der Waals surface area contributed by atoms with Crippen molar-refractivity contribution in [3.63, 3.8) is 0 Å². The molecule has 8 nitrogen and oxygen atoms in total. The molecule has 8 heteroatoms.